The average Bonchev–Trinajstić information content (AvgIpc) is 3.10. The van der Waals surface area contributed by atoms with Gasteiger partial charge in [-0.15, -0.1) is 0 Å². The van der Waals surface area contributed by atoms with Crippen LogP contribution in [0.3, 0.4) is 0 Å². The van der Waals surface area contributed by atoms with E-state index < -0.39 is 0 Å². The van der Waals surface area contributed by atoms with Gasteiger partial charge in [0.25, 0.3) is 0 Å². The van der Waals surface area contributed by atoms with E-state index in [4.69, 9.17) is 0 Å². The van der Waals surface area contributed by atoms with Crippen LogP contribution >= 0.6 is 0 Å². The second-order valence-electron chi connectivity index (χ2n) is 7.12. The molecule has 1 aromatic carbocycles. The molecular formula is C21H26N4O. The maximum atomic E-state index is 10.2. The summed E-state index contributed by atoms with van der Waals surface area (Å²) in [6, 6.07) is 13.0. The Morgan fingerprint density at radius 2 is 2.04 bits per heavy atom. The van der Waals surface area contributed by atoms with E-state index in [-0.39, 0.29) is 6.10 Å². The van der Waals surface area contributed by atoms with Crippen LogP contribution in [-0.4, -0.2) is 32.0 Å². The molecule has 0 amide bonds. The van der Waals surface area contributed by atoms with Crippen LogP contribution in [0.5, 0.6) is 0 Å². The summed E-state index contributed by atoms with van der Waals surface area (Å²) >= 11 is 0. The molecule has 4 rings (SSSR count). The van der Waals surface area contributed by atoms with Crippen LogP contribution in [0.2, 0.25) is 0 Å². The van der Waals surface area contributed by atoms with Crippen LogP contribution in [0.15, 0.2) is 48.8 Å². The van der Waals surface area contributed by atoms with Crippen molar-refractivity contribution in [3.05, 3.63) is 54.4 Å². The van der Waals surface area contributed by atoms with Crippen molar-refractivity contribution in [1.82, 2.24) is 14.8 Å². The first-order chi connectivity index (χ1) is 12.8. The minimum atomic E-state index is -0.206. The third kappa shape index (κ3) is 3.31. The molecule has 5 nitrogen and oxygen atoms in total. The number of aromatic nitrogens is 3. The Hall–Kier alpha value is -2.40. The van der Waals surface area contributed by atoms with Crippen LogP contribution in [0, 0.1) is 0 Å². The summed E-state index contributed by atoms with van der Waals surface area (Å²) in [6.45, 7) is 3.72. The maximum absolute atomic E-state index is 10.2. The molecule has 2 unspecified atom stereocenters. The van der Waals surface area contributed by atoms with Crippen LogP contribution in [-0.2, 0) is 13.1 Å². The topological polar surface area (TPSA) is 54.2 Å². The number of benzene rings is 1. The number of aliphatic hydroxyl groups excluding tert-OH is 1. The van der Waals surface area contributed by atoms with Gasteiger partial charge in [-0.05, 0) is 44.2 Å². The van der Waals surface area contributed by atoms with E-state index in [1.807, 2.05) is 23.1 Å². The number of aryl methyl sites for hydroxylation is 1. The number of hydrogen-bond donors (Lipinski definition) is 1. The lowest BCUT2D eigenvalue weighted by Gasteiger charge is -2.38. The summed E-state index contributed by atoms with van der Waals surface area (Å²) in [7, 11) is 0. The molecule has 5 heteroatoms. The largest absolute Gasteiger partial charge is 0.393 e. The summed E-state index contributed by atoms with van der Waals surface area (Å²) in [5.74, 6) is 0. The Kier molecular flexibility index (Phi) is 4.89. The van der Waals surface area contributed by atoms with E-state index in [0.717, 1.165) is 55.5 Å². The third-order valence-electron chi connectivity index (χ3n) is 5.38. The first kappa shape index (κ1) is 17.0. The zero-order chi connectivity index (χ0) is 17.9. The fourth-order valence-corrected chi connectivity index (χ4v) is 4.06. The van der Waals surface area contributed by atoms with E-state index in [0.29, 0.717) is 6.04 Å². The maximum Gasteiger partial charge on any atom is 0.159 e. The van der Waals surface area contributed by atoms with Crippen molar-refractivity contribution >= 4 is 16.7 Å². The quantitative estimate of drug-likeness (QED) is 0.761. The predicted molar refractivity (Wildman–Crippen MR) is 104 cm³/mol. The number of aliphatic hydroxyl groups is 1. The molecule has 0 saturated heterocycles. The number of rotatable bonds is 5. The van der Waals surface area contributed by atoms with Gasteiger partial charge in [-0.25, -0.2) is 9.67 Å². The Labute approximate surface area is 154 Å². The molecule has 26 heavy (non-hydrogen) atoms. The average molecular weight is 350 g/mol. The van der Waals surface area contributed by atoms with E-state index >= 15 is 0 Å². The molecule has 2 atom stereocenters. The molecule has 1 aliphatic rings. The summed E-state index contributed by atoms with van der Waals surface area (Å²) < 4.78 is 1.94. The second-order valence-corrected chi connectivity index (χ2v) is 7.12. The van der Waals surface area contributed by atoms with Crippen molar-refractivity contribution in [3.8, 4) is 0 Å². The van der Waals surface area contributed by atoms with Gasteiger partial charge in [0.05, 0.1) is 23.4 Å². The molecule has 0 radical (unpaired) electrons. The van der Waals surface area contributed by atoms with Crippen molar-refractivity contribution in [2.75, 3.05) is 4.90 Å². The van der Waals surface area contributed by atoms with Gasteiger partial charge in [0, 0.05) is 25.3 Å². The van der Waals surface area contributed by atoms with Crippen LogP contribution in [0.4, 0.5) is 5.69 Å². The summed E-state index contributed by atoms with van der Waals surface area (Å²) in [6.07, 6.45) is 7.51. The Bertz CT molecular complexity index is 861. The van der Waals surface area contributed by atoms with Gasteiger partial charge in [0.15, 0.2) is 5.65 Å². The SMILES string of the molecule is CCn1ncc2c(N(Cc3ccccc3)C3CCCC(O)C3)ccnc21. The highest BCUT2D eigenvalue weighted by atomic mass is 16.3. The summed E-state index contributed by atoms with van der Waals surface area (Å²) in [5, 5.41) is 15.8. The first-order valence-electron chi connectivity index (χ1n) is 9.55. The van der Waals surface area contributed by atoms with E-state index in [2.05, 4.69) is 52.2 Å². The standard InChI is InChI=1S/C21H26N4O/c1-2-25-21-19(14-23-25)20(11-12-22-21)24(15-16-7-4-3-5-8-16)17-9-6-10-18(26)13-17/h3-5,7-8,11-12,14,17-18,26H,2,6,9-10,13,15H2,1H3. The molecule has 3 aromatic rings. The highest BCUT2D eigenvalue weighted by molar-refractivity contribution is 5.89. The number of anilines is 1. The number of nitrogens with zero attached hydrogens (tertiary/aromatic N) is 4. The second kappa shape index (κ2) is 7.46. The molecule has 0 bridgehead atoms. The Morgan fingerprint density at radius 1 is 1.19 bits per heavy atom. The minimum absolute atomic E-state index is 0.206. The fourth-order valence-electron chi connectivity index (χ4n) is 4.06. The van der Waals surface area contributed by atoms with Gasteiger partial charge in [-0.2, -0.15) is 5.10 Å². The minimum Gasteiger partial charge on any atom is -0.393 e. The summed E-state index contributed by atoms with van der Waals surface area (Å²) in [5.41, 5.74) is 3.37. The van der Waals surface area contributed by atoms with Crippen molar-refractivity contribution in [2.24, 2.45) is 0 Å². The van der Waals surface area contributed by atoms with Crippen LogP contribution in [0.25, 0.3) is 11.0 Å². The molecule has 1 N–H and O–H groups in total. The fraction of sp³-hybridized carbons (Fsp3) is 0.429. The lowest BCUT2D eigenvalue weighted by atomic mass is 9.91. The smallest absolute Gasteiger partial charge is 0.159 e. The molecule has 0 spiro atoms. The monoisotopic (exact) mass is 350 g/mol. The summed E-state index contributed by atoms with van der Waals surface area (Å²) in [4.78, 5) is 6.99. The van der Waals surface area contributed by atoms with Gasteiger partial charge < -0.3 is 10.0 Å². The van der Waals surface area contributed by atoms with Gasteiger partial charge in [-0.3, -0.25) is 0 Å². The van der Waals surface area contributed by atoms with Crippen molar-refractivity contribution in [3.63, 3.8) is 0 Å². The molecule has 136 valence electrons. The molecule has 0 aliphatic heterocycles. The van der Waals surface area contributed by atoms with Gasteiger partial charge in [0.2, 0.25) is 0 Å². The van der Waals surface area contributed by atoms with Crippen LogP contribution in [0.1, 0.15) is 38.2 Å². The zero-order valence-electron chi connectivity index (χ0n) is 15.3. The lowest BCUT2D eigenvalue weighted by Crippen LogP contribution is -2.40. The van der Waals surface area contributed by atoms with Gasteiger partial charge >= 0.3 is 0 Å². The van der Waals surface area contributed by atoms with E-state index in [1.54, 1.807) is 0 Å². The van der Waals surface area contributed by atoms with E-state index in [1.165, 1.54) is 5.56 Å². The first-order valence-corrected chi connectivity index (χ1v) is 9.55. The molecular weight excluding hydrogens is 324 g/mol. The molecule has 1 fully saturated rings. The number of pyridine rings is 1. The van der Waals surface area contributed by atoms with Crippen LogP contribution < -0.4 is 4.90 Å². The molecule has 2 heterocycles. The third-order valence-corrected chi connectivity index (χ3v) is 5.38. The lowest BCUT2D eigenvalue weighted by molar-refractivity contribution is 0.118. The van der Waals surface area contributed by atoms with Crippen molar-refractivity contribution in [1.29, 1.82) is 0 Å². The zero-order valence-corrected chi connectivity index (χ0v) is 15.3. The predicted octanol–water partition coefficient (Wildman–Crippen LogP) is 3.76. The number of fused-ring (bicyclic) bond motifs is 1. The highest BCUT2D eigenvalue weighted by Crippen LogP contribution is 2.33. The number of hydrogen-bond acceptors (Lipinski definition) is 4. The highest BCUT2D eigenvalue weighted by Gasteiger charge is 2.27. The van der Waals surface area contributed by atoms with Gasteiger partial charge in [0.1, 0.15) is 0 Å². The van der Waals surface area contributed by atoms with Gasteiger partial charge in [-0.1, -0.05) is 30.3 Å². The normalized spacial score (nSPS) is 20.4. The van der Waals surface area contributed by atoms with Crippen molar-refractivity contribution in [2.45, 2.75) is 57.8 Å². The molecule has 1 aliphatic carbocycles. The van der Waals surface area contributed by atoms with Crippen molar-refractivity contribution < 1.29 is 5.11 Å². The molecule has 2 aromatic heterocycles. The Balaban J connectivity index is 1.76. The van der Waals surface area contributed by atoms with E-state index in [9.17, 15) is 5.11 Å². The molecule has 1 saturated carbocycles. The Morgan fingerprint density at radius 3 is 2.81 bits per heavy atom.